The van der Waals surface area contributed by atoms with Crippen molar-refractivity contribution >= 4 is 5.91 Å². The van der Waals surface area contributed by atoms with Crippen LogP contribution in [0.1, 0.15) is 45.4 Å². The van der Waals surface area contributed by atoms with Crippen LogP contribution in [0.4, 0.5) is 0 Å². The maximum atomic E-state index is 11.7. The molecule has 1 saturated heterocycles. The number of rotatable bonds is 5. The Morgan fingerprint density at radius 2 is 1.89 bits per heavy atom. The van der Waals surface area contributed by atoms with Crippen LogP contribution in [0.2, 0.25) is 0 Å². The maximum Gasteiger partial charge on any atom is 0.246 e. The highest BCUT2D eigenvalue weighted by atomic mass is 16.5. The van der Waals surface area contributed by atoms with Crippen molar-refractivity contribution in [2.45, 2.75) is 56.7 Å². The molecule has 5 heteroatoms. The highest BCUT2D eigenvalue weighted by Gasteiger charge is 2.33. The third-order valence-corrected chi connectivity index (χ3v) is 4.20. The monoisotopic (exact) mass is 270 g/mol. The highest BCUT2D eigenvalue weighted by molar-refractivity contribution is 5.77. The molecule has 5 nitrogen and oxygen atoms in total. The zero-order valence-corrected chi connectivity index (χ0v) is 11.8. The van der Waals surface area contributed by atoms with Gasteiger partial charge in [0.25, 0.3) is 0 Å². The molecule has 0 aromatic carbocycles. The Balaban J connectivity index is 1.67. The van der Waals surface area contributed by atoms with Crippen LogP contribution in [0.25, 0.3) is 0 Å². The van der Waals surface area contributed by atoms with Gasteiger partial charge in [-0.15, -0.1) is 0 Å². The average molecular weight is 270 g/mol. The second-order valence-corrected chi connectivity index (χ2v) is 6.26. The summed E-state index contributed by atoms with van der Waals surface area (Å²) in [5.74, 6) is -0.134. The van der Waals surface area contributed by atoms with Gasteiger partial charge in [-0.05, 0) is 19.8 Å². The summed E-state index contributed by atoms with van der Waals surface area (Å²) in [5, 5.41) is 16.4. The topological polar surface area (TPSA) is 70.6 Å². The fourth-order valence-corrected chi connectivity index (χ4v) is 2.70. The van der Waals surface area contributed by atoms with Gasteiger partial charge in [0.2, 0.25) is 5.91 Å². The van der Waals surface area contributed by atoms with Crippen molar-refractivity contribution in [2.75, 3.05) is 26.2 Å². The van der Waals surface area contributed by atoms with E-state index in [0.717, 1.165) is 38.8 Å². The Bertz CT molecular complexity index is 308. The molecule has 0 spiro atoms. The van der Waals surface area contributed by atoms with Crippen LogP contribution in [-0.2, 0) is 9.53 Å². The van der Waals surface area contributed by atoms with Crippen molar-refractivity contribution in [3.05, 3.63) is 0 Å². The Hall–Kier alpha value is -0.650. The van der Waals surface area contributed by atoms with Gasteiger partial charge in [-0.3, -0.25) is 4.79 Å². The number of carbonyl (C=O) groups excluding carboxylic acids is 1. The van der Waals surface area contributed by atoms with Gasteiger partial charge in [-0.2, -0.15) is 0 Å². The molecule has 0 bridgehead atoms. The van der Waals surface area contributed by atoms with Crippen LogP contribution in [0, 0.1) is 0 Å². The molecule has 3 N–H and O–H groups in total. The second kappa shape index (κ2) is 6.20. The van der Waals surface area contributed by atoms with E-state index in [2.05, 4.69) is 10.6 Å². The van der Waals surface area contributed by atoms with E-state index in [1.54, 1.807) is 0 Å². The Labute approximate surface area is 115 Å². The number of aliphatic hydroxyl groups is 1. The minimum Gasteiger partial charge on any atom is -0.388 e. The molecule has 0 aromatic rings. The van der Waals surface area contributed by atoms with Gasteiger partial charge in [0.1, 0.15) is 6.61 Å². The number of hydrogen-bond acceptors (Lipinski definition) is 4. The van der Waals surface area contributed by atoms with Gasteiger partial charge in [-0.1, -0.05) is 25.7 Å². The molecule has 110 valence electrons. The molecule has 19 heavy (non-hydrogen) atoms. The summed E-state index contributed by atoms with van der Waals surface area (Å²) in [7, 11) is 0. The fourth-order valence-electron chi connectivity index (χ4n) is 2.70. The van der Waals surface area contributed by atoms with Crippen molar-refractivity contribution in [1.82, 2.24) is 10.6 Å². The summed E-state index contributed by atoms with van der Waals surface area (Å²) >= 11 is 0. The van der Waals surface area contributed by atoms with E-state index in [0.29, 0.717) is 6.54 Å². The van der Waals surface area contributed by atoms with Crippen LogP contribution in [-0.4, -0.2) is 48.5 Å². The molecule has 1 aliphatic heterocycles. The molecular formula is C14H26N2O3. The first-order chi connectivity index (χ1) is 9.02. The molecule has 0 unspecified atom stereocenters. The van der Waals surface area contributed by atoms with E-state index in [-0.39, 0.29) is 18.1 Å². The van der Waals surface area contributed by atoms with Crippen molar-refractivity contribution in [2.24, 2.45) is 0 Å². The summed E-state index contributed by atoms with van der Waals surface area (Å²) < 4.78 is 5.57. The molecular weight excluding hydrogens is 244 g/mol. The Morgan fingerprint density at radius 3 is 2.42 bits per heavy atom. The van der Waals surface area contributed by atoms with E-state index in [1.165, 1.54) is 12.8 Å². The van der Waals surface area contributed by atoms with E-state index >= 15 is 0 Å². The van der Waals surface area contributed by atoms with Crippen LogP contribution in [0.15, 0.2) is 0 Å². The van der Waals surface area contributed by atoms with Crippen LogP contribution in [0.5, 0.6) is 0 Å². The Kier molecular flexibility index (Phi) is 4.81. The molecule has 0 aromatic heterocycles. The quantitative estimate of drug-likeness (QED) is 0.639. The molecule has 1 amide bonds. The summed E-state index contributed by atoms with van der Waals surface area (Å²) in [6, 6.07) is 0. The Morgan fingerprint density at radius 1 is 1.26 bits per heavy atom. The zero-order chi connectivity index (χ0) is 13.8. The minimum absolute atomic E-state index is 0.0776. The lowest BCUT2D eigenvalue weighted by Crippen LogP contribution is -2.59. The zero-order valence-electron chi connectivity index (χ0n) is 11.8. The number of carbonyl (C=O) groups is 1. The van der Waals surface area contributed by atoms with E-state index < -0.39 is 5.60 Å². The van der Waals surface area contributed by atoms with Crippen LogP contribution < -0.4 is 10.6 Å². The van der Waals surface area contributed by atoms with Crippen LogP contribution >= 0.6 is 0 Å². The first-order valence-electron chi connectivity index (χ1n) is 7.35. The van der Waals surface area contributed by atoms with E-state index in [9.17, 15) is 9.90 Å². The summed E-state index contributed by atoms with van der Waals surface area (Å²) in [6.45, 7) is 4.02. The molecule has 1 heterocycles. The summed E-state index contributed by atoms with van der Waals surface area (Å²) in [4.78, 5) is 11.7. The van der Waals surface area contributed by atoms with Gasteiger partial charge < -0.3 is 20.5 Å². The molecule has 1 aliphatic carbocycles. The minimum atomic E-state index is -0.714. The SMILES string of the molecule is CC1(OCC(=O)NCC2(O)CCCCCC2)CNC1. The second-order valence-electron chi connectivity index (χ2n) is 6.26. The molecule has 2 aliphatic rings. The predicted octanol–water partition coefficient (Wildman–Crippen LogP) is 0.566. The van der Waals surface area contributed by atoms with Crippen molar-refractivity contribution < 1.29 is 14.6 Å². The van der Waals surface area contributed by atoms with Gasteiger partial charge in [0.05, 0.1) is 11.2 Å². The van der Waals surface area contributed by atoms with Crippen molar-refractivity contribution in [3.8, 4) is 0 Å². The van der Waals surface area contributed by atoms with Gasteiger partial charge in [-0.25, -0.2) is 0 Å². The summed E-state index contributed by atoms with van der Waals surface area (Å²) in [5.41, 5.74) is -0.912. The highest BCUT2D eigenvalue weighted by Crippen LogP contribution is 2.26. The van der Waals surface area contributed by atoms with Crippen molar-refractivity contribution in [3.63, 3.8) is 0 Å². The number of nitrogens with one attached hydrogen (secondary N) is 2. The molecule has 2 fully saturated rings. The standard InChI is InChI=1S/C14H26N2O3/c1-13(9-15-10-13)19-8-12(17)16-11-14(18)6-4-2-3-5-7-14/h15,18H,2-11H2,1H3,(H,16,17). The van der Waals surface area contributed by atoms with Crippen molar-refractivity contribution in [1.29, 1.82) is 0 Å². The first kappa shape index (κ1) is 14.8. The average Bonchev–Trinajstić information content (AvgIpc) is 2.57. The third kappa shape index (κ3) is 4.44. The molecule has 2 rings (SSSR count). The van der Waals surface area contributed by atoms with E-state index in [1.807, 2.05) is 6.92 Å². The third-order valence-electron chi connectivity index (χ3n) is 4.20. The number of ether oxygens (including phenoxy) is 1. The number of hydrogen-bond donors (Lipinski definition) is 3. The molecule has 0 radical (unpaired) electrons. The summed E-state index contributed by atoms with van der Waals surface area (Å²) in [6.07, 6.45) is 6.04. The lowest BCUT2D eigenvalue weighted by molar-refractivity contribution is -0.137. The van der Waals surface area contributed by atoms with Crippen LogP contribution in [0.3, 0.4) is 0 Å². The van der Waals surface area contributed by atoms with E-state index in [4.69, 9.17) is 4.74 Å². The lowest BCUT2D eigenvalue weighted by atomic mass is 9.94. The lowest BCUT2D eigenvalue weighted by Gasteiger charge is -2.38. The molecule has 1 saturated carbocycles. The van der Waals surface area contributed by atoms with Gasteiger partial charge in [0, 0.05) is 19.6 Å². The van der Waals surface area contributed by atoms with Gasteiger partial charge >= 0.3 is 0 Å². The molecule has 0 atom stereocenters. The normalized spacial score (nSPS) is 25.2. The maximum absolute atomic E-state index is 11.7. The number of amides is 1. The smallest absolute Gasteiger partial charge is 0.246 e. The predicted molar refractivity (Wildman–Crippen MR) is 72.9 cm³/mol. The largest absolute Gasteiger partial charge is 0.388 e. The fraction of sp³-hybridized carbons (Fsp3) is 0.929. The first-order valence-corrected chi connectivity index (χ1v) is 7.35. The van der Waals surface area contributed by atoms with Gasteiger partial charge in [0.15, 0.2) is 0 Å².